The first-order chi connectivity index (χ1) is 22.0. The summed E-state index contributed by atoms with van der Waals surface area (Å²) in [5.41, 5.74) is 9.70. The van der Waals surface area contributed by atoms with Crippen molar-refractivity contribution in [3.05, 3.63) is 77.5 Å². The molecule has 0 aromatic heterocycles. The minimum atomic E-state index is -0.984. The van der Waals surface area contributed by atoms with Crippen molar-refractivity contribution in [1.29, 1.82) is 0 Å². The summed E-state index contributed by atoms with van der Waals surface area (Å²) in [6.45, 7) is 15.4. The Hall–Kier alpha value is -2.86. The van der Waals surface area contributed by atoms with E-state index in [1.54, 1.807) is 65.2 Å². The van der Waals surface area contributed by atoms with Gasteiger partial charge in [0.1, 0.15) is 17.5 Å². The van der Waals surface area contributed by atoms with Gasteiger partial charge in [-0.15, -0.1) is 37.4 Å². The number of fused-ring (bicyclic) bond motifs is 1. The van der Waals surface area contributed by atoms with Crippen LogP contribution in [0.4, 0.5) is 0 Å². The van der Waals surface area contributed by atoms with Crippen molar-refractivity contribution in [2.24, 2.45) is 11.6 Å². The number of carboxylic acid groups (broad SMARTS) is 1. The zero-order valence-electron chi connectivity index (χ0n) is 28.2. The van der Waals surface area contributed by atoms with Crippen LogP contribution >= 0.6 is 19.7 Å². The van der Waals surface area contributed by atoms with E-state index in [0.717, 1.165) is 0 Å². The van der Waals surface area contributed by atoms with E-state index < -0.39 is 23.9 Å². The van der Waals surface area contributed by atoms with Gasteiger partial charge in [-0.1, -0.05) is 82.8 Å². The molecule has 3 atom stereocenters. The molecule has 2 saturated heterocycles. The normalized spacial score (nSPS) is 17.7. The Morgan fingerprint density at radius 1 is 1.09 bits per heavy atom. The number of hydrazine groups is 1. The summed E-state index contributed by atoms with van der Waals surface area (Å²) in [5, 5.41) is 12.4. The first-order valence-electron chi connectivity index (χ1n) is 15.4. The fourth-order valence-corrected chi connectivity index (χ4v) is 7.66. The Bertz CT molecular complexity index is 1290. The van der Waals surface area contributed by atoms with Crippen LogP contribution in [-0.4, -0.2) is 75.4 Å². The molecule has 11 nitrogen and oxygen atoms in total. The van der Waals surface area contributed by atoms with Crippen molar-refractivity contribution in [1.82, 2.24) is 21.0 Å². The molecule has 0 bridgehead atoms. The largest absolute Gasteiger partial charge is 1.00 e. The van der Waals surface area contributed by atoms with E-state index >= 15 is 0 Å². The number of nitrogens with zero attached hydrogens (tertiary/aromatic N) is 1. The predicted molar refractivity (Wildman–Crippen MR) is 189 cm³/mol. The van der Waals surface area contributed by atoms with Crippen LogP contribution in [-0.2, 0) is 36.8 Å². The van der Waals surface area contributed by atoms with Gasteiger partial charge in [0.2, 0.25) is 11.8 Å². The van der Waals surface area contributed by atoms with E-state index in [0.29, 0.717) is 36.9 Å². The number of carbonyl (C=O) groups excluding carboxylic acids is 3. The minimum absolute atomic E-state index is 0. The van der Waals surface area contributed by atoms with Gasteiger partial charge in [-0.2, -0.15) is 6.20 Å². The fraction of sp³-hybridized carbons (Fsp3) is 0.455. The quantitative estimate of drug-likeness (QED) is 0.0300. The predicted octanol–water partition coefficient (Wildman–Crippen LogP) is 4.11. The van der Waals surface area contributed by atoms with Gasteiger partial charge in [0.25, 0.3) is 12.4 Å². The second kappa shape index (κ2) is 22.7. The van der Waals surface area contributed by atoms with Gasteiger partial charge in [0.05, 0.1) is 0 Å². The molecular weight excluding hydrogens is 820 g/mol. The van der Waals surface area contributed by atoms with Gasteiger partial charge >= 0.3 is 22.4 Å². The minimum Gasteiger partial charge on any atom is -0.488 e. The van der Waals surface area contributed by atoms with E-state index in [1.807, 2.05) is 19.9 Å². The van der Waals surface area contributed by atoms with Gasteiger partial charge in [-0.3, -0.25) is 25.0 Å². The van der Waals surface area contributed by atoms with Crippen LogP contribution in [0, 0.1) is 6.20 Å². The van der Waals surface area contributed by atoms with Crippen LogP contribution < -0.4 is 27.6 Å². The van der Waals surface area contributed by atoms with Crippen molar-refractivity contribution in [2.75, 3.05) is 25.0 Å². The Balaban J connectivity index is 0.00000141. The van der Waals surface area contributed by atoms with E-state index in [4.69, 9.17) is 21.5 Å². The number of carbonyl (C=O) groups is 4. The number of nitrogens with two attached hydrogens (primary N) is 2. The van der Waals surface area contributed by atoms with E-state index in [-0.39, 0.29) is 44.9 Å². The van der Waals surface area contributed by atoms with Crippen LogP contribution in [0.1, 0.15) is 76.0 Å². The molecule has 2 aromatic rings. The second-order valence-electron chi connectivity index (χ2n) is 10.5. The molecule has 2 aliphatic heterocycles. The van der Waals surface area contributed by atoms with E-state index in [2.05, 4.69) is 56.9 Å². The van der Waals surface area contributed by atoms with Gasteiger partial charge in [0, 0.05) is 16.9 Å². The molecule has 2 aliphatic rings. The maximum Gasteiger partial charge on any atom is 1.00 e. The third kappa shape index (κ3) is 12.9. The topological polar surface area (TPSA) is 180 Å². The first-order valence-corrected chi connectivity index (χ1v) is 18.1. The maximum atomic E-state index is 13.3. The monoisotopic (exact) mass is 870 g/mol. The molecule has 4 rings (SSSR count). The van der Waals surface area contributed by atoms with Gasteiger partial charge in [-0.25, -0.2) is 0 Å². The molecule has 47 heavy (non-hydrogen) atoms. The number of thioether (sulfide) groups is 1. The summed E-state index contributed by atoms with van der Waals surface area (Å²) in [4.78, 5) is 49.2. The molecule has 14 heteroatoms. The molecule has 2 heterocycles. The second-order valence-corrected chi connectivity index (χ2v) is 15.6. The van der Waals surface area contributed by atoms with Crippen LogP contribution in [0.5, 0.6) is 0 Å². The number of rotatable bonds is 10. The van der Waals surface area contributed by atoms with Crippen molar-refractivity contribution < 1.29 is 46.7 Å². The van der Waals surface area contributed by atoms with Crippen molar-refractivity contribution >= 4 is 49.6 Å². The summed E-state index contributed by atoms with van der Waals surface area (Å²) < 4.78 is -0.0650. The first kappa shape index (κ1) is 44.1. The van der Waals surface area contributed by atoms with Crippen LogP contribution in [0.25, 0.3) is 5.70 Å². The summed E-state index contributed by atoms with van der Waals surface area (Å²) in [6, 6.07) is 13.9. The molecule has 264 valence electrons. The molecule has 2 aromatic carbocycles. The molecule has 0 radical (unpaired) electrons. The summed E-state index contributed by atoms with van der Waals surface area (Å²) >= 11 is 1.67. The average molecular weight is 871 g/mol. The summed E-state index contributed by atoms with van der Waals surface area (Å²) in [5.74, 6) is 4.44. The van der Waals surface area contributed by atoms with Crippen LogP contribution in [0.3, 0.4) is 0 Å². The van der Waals surface area contributed by atoms with E-state index in [9.17, 15) is 14.4 Å². The number of β-lactam (4-membered cyclic amide) rings is 1. The van der Waals surface area contributed by atoms with Gasteiger partial charge < -0.3 is 31.8 Å². The third-order valence-corrected chi connectivity index (χ3v) is 11.4. The molecular formula is C33H50AuN6O5PS. The molecule has 3 amide bonds. The Labute approximate surface area is 300 Å². The Morgan fingerprint density at radius 2 is 1.64 bits per heavy atom. The number of benzene rings is 2. The Morgan fingerprint density at radius 3 is 2.13 bits per heavy atom. The van der Waals surface area contributed by atoms with Crippen molar-refractivity contribution in [2.45, 2.75) is 70.7 Å². The van der Waals surface area contributed by atoms with Crippen molar-refractivity contribution in [3.8, 4) is 0 Å². The Kier molecular flexibility index (Phi) is 21.3. The molecule has 0 saturated carbocycles. The average Bonchev–Trinajstić information content (AvgIpc) is 3.37. The summed E-state index contributed by atoms with van der Waals surface area (Å²) in [6.07, 6.45) is 6.69. The molecule has 8 N–H and O–H groups in total. The number of hydrogen-bond donors (Lipinski definition) is 6. The zero-order chi connectivity index (χ0) is 34.9. The van der Waals surface area contributed by atoms with Gasteiger partial charge in [0.15, 0.2) is 0 Å². The zero-order valence-corrected chi connectivity index (χ0v) is 32.1. The molecule has 0 aliphatic carbocycles. The van der Waals surface area contributed by atoms with E-state index in [1.165, 1.54) is 18.5 Å². The molecule has 0 spiro atoms. The molecule has 1 unspecified atom stereocenters. The number of nitrogens with one attached hydrogen (secondary N) is 3. The van der Waals surface area contributed by atoms with Crippen LogP contribution in [0.15, 0.2) is 54.6 Å². The third-order valence-electron chi connectivity index (χ3n) is 7.14. The number of amides is 3. The SMILES string of the molecule is CC.CC1(C)CN2C(=O)[C@@H](NC(=O)[C@H](NC(=O)c3cccc(C(=[C-]N)NN)c3)c3ccccc3)C2S1.CCP(CC)CC.O=CO.[Au+]. The molecule has 2 fully saturated rings. The van der Waals surface area contributed by atoms with Crippen molar-refractivity contribution in [3.63, 3.8) is 0 Å². The van der Waals surface area contributed by atoms with Gasteiger partial charge in [-0.05, 0) is 37.9 Å². The summed E-state index contributed by atoms with van der Waals surface area (Å²) in [7, 11) is 0.446. The fourth-order valence-electron chi connectivity index (χ4n) is 4.82. The van der Waals surface area contributed by atoms with Crippen LogP contribution in [0.2, 0.25) is 0 Å². The standard InChI is InChI=1S/C24H27N6O3S.C6H15P.C2H6.CH2O2.Au/c1-24(2)13-30-22(33)19(23(30)34-24)28-21(32)18(14-7-4-3-5-8-14)27-20(31)16-10-6-9-15(11-16)17(12-25)29-26;1-4-7(5-2)6-3;1-2;2-1-3;/h3-11,18-19,23,29H,13,25-26H2,1-2H3,(H,27,31)(H,28,32);4-6H2,1-3H3;1-2H3;1H,(H,2,3);/q-1;;;;+1/t18-,19-,23?;;;;/m1..../s1. The maximum absolute atomic E-state index is 13.3. The number of hydrogen-bond acceptors (Lipinski definition) is 8. The smallest absolute Gasteiger partial charge is 0.488 e.